The standard InChI is InChI=1S/C17H20N2O3S/c1-10(17(21)22)11(2)19-16(20)15-12(3)18-14(23-15)9-13-7-5-4-6-8-13/h4-8,10-11H,9H2,1-3H3,(H,19,20)(H,21,22). The van der Waals surface area contributed by atoms with Crippen LogP contribution in [0.1, 0.15) is 39.8 Å². The van der Waals surface area contributed by atoms with Gasteiger partial charge in [0, 0.05) is 12.5 Å². The number of nitrogens with zero attached hydrogens (tertiary/aromatic N) is 1. The second-order valence-corrected chi connectivity index (χ2v) is 6.66. The molecule has 0 radical (unpaired) electrons. The summed E-state index contributed by atoms with van der Waals surface area (Å²) in [6.07, 6.45) is 0.681. The molecular weight excluding hydrogens is 312 g/mol. The number of thiazole rings is 1. The molecule has 1 aromatic heterocycles. The van der Waals surface area contributed by atoms with E-state index in [1.807, 2.05) is 30.3 Å². The van der Waals surface area contributed by atoms with E-state index >= 15 is 0 Å². The summed E-state index contributed by atoms with van der Waals surface area (Å²) < 4.78 is 0. The van der Waals surface area contributed by atoms with Gasteiger partial charge in [-0.25, -0.2) is 4.98 Å². The van der Waals surface area contributed by atoms with Crippen LogP contribution in [0.2, 0.25) is 0 Å². The number of carbonyl (C=O) groups excluding carboxylic acids is 1. The maximum Gasteiger partial charge on any atom is 0.308 e. The first-order valence-electron chi connectivity index (χ1n) is 7.42. The Labute approximate surface area is 139 Å². The van der Waals surface area contributed by atoms with Crippen LogP contribution in [0.25, 0.3) is 0 Å². The topological polar surface area (TPSA) is 79.3 Å². The van der Waals surface area contributed by atoms with E-state index in [0.717, 1.165) is 10.6 Å². The third-order valence-corrected chi connectivity index (χ3v) is 4.90. The van der Waals surface area contributed by atoms with Crippen molar-refractivity contribution in [2.24, 2.45) is 5.92 Å². The third kappa shape index (κ3) is 4.39. The van der Waals surface area contributed by atoms with E-state index < -0.39 is 17.9 Å². The number of amides is 1. The van der Waals surface area contributed by atoms with Crippen molar-refractivity contribution >= 4 is 23.2 Å². The van der Waals surface area contributed by atoms with Gasteiger partial charge in [0.05, 0.1) is 16.6 Å². The van der Waals surface area contributed by atoms with Crippen molar-refractivity contribution in [3.63, 3.8) is 0 Å². The van der Waals surface area contributed by atoms with Crippen molar-refractivity contribution < 1.29 is 14.7 Å². The lowest BCUT2D eigenvalue weighted by Crippen LogP contribution is -2.39. The number of aryl methyl sites for hydroxylation is 1. The van der Waals surface area contributed by atoms with Crippen LogP contribution in [0.15, 0.2) is 30.3 Å². The molecule has 122 valence electrons. The van der Waals surface area contributed by atoms with Crippen LogP contribution in [-0.2, 0) is 11.2 Å². The number of aliphatic carboxylic acids is 1. The maximum absolute atomic E-state index is 12.3. The fourth-order valence-electron chi connectivity index (χ4n) is 2.12. The SMILES string of the molecule is Cc1nc(Cc2ccccc2)sc1C(=O)NC(C)C(C)C(=O)O. The second kappa shape index (κ2) is 7.37. The summed E-state index contributed by atoms with van der Waals surface area (Å²) in [7, 11) is 0. The van der Waals surface area contributed by atoms with E-state index in [1.54, 1.807) is 20.8 Å². The molecule has 5 nitrogen and oxygen atoms in total. The van der Waals surface area contributed by atoms with E-state index in [1.165, 1.54) is 11.3 Å². The molecule has 0 spiro atoms. The molecule has 1 aromatic carbocycles. The van der Waals surface area contributed by atoms with Crippen LogP contribution < -0.4 is 5.32 Å². The first-order chi connectivity index (χ1) is 10.9. The fraction of sp³-hybridized carbons (Fsp3) is 0.353. The number of rotatable bonds is 6. The molecule has 1 amide bonds. The van der Waals surface area contributed by atoms with Gasteiger partial charge in [-0.05, 0) is 26.3 Å². The van der Waals surface area contributed by atoms with Gasteiger partial charge in [0.2, 0.25) is 0 Å². The van der Waals surface area contributed by atoms with Gasteiger partial charge in [-0.3, -0.25) is 9.59 Å². The summed E-state index contributed by atoms with van der Waals surface area (Å²) in [5.74, 6) is -1.83. The van der Waals surface area contributed by atoms with Crippen LogP contribution in [0.3, 0.4) is 0 Å². The number of carbonyl (C=O) groups is 2. The Kier molecular flexibility index (Phi) is 5.50. The minimum Gasteiger partial charge on any atom is -0.481 e. The largest absolute Gasteiger partial charge is 0.481 e. The van der Waals surface area contributed by atoms with Gasteiger partial charge in [-0.15, -0.1) is 11.3 Å². The van der Waals surface area contributed by atoms with Crippen molar-refractivity contribution in [1.82, 2.24) is 10.3 Å². The summed E-state index contributed by atoms with van der Waals surface area (Å²) in [6, 6.07) is 9.50. The average molecular weight is 332 g/mol. The molecule has 0 saturated carbocycles. The molecule has 0 aliphatic heterocycles. The molecule has 2 N–H and O–H groups in total. The lowest BCUT2D eigenvalue weighted by molar-refractivity contribution is -0.141. The fourth-order valence-corrected chi connectivity index (χ4v) is 3.12. The molecule has 0 aliphatic rings. The van der Waals surface area contributed by atoms with E-state index in [9.17, 15) is 9.59 Å². The number of carboxylic acids is 1. The number of hydrogen-bond donors (Lipinski definition) is 2. The quantitative estimate of drug-likeness (QED) is 0.852. The smallest absolute Gasteiger partial charge is 0.308 e. The van der Waals surface area contributed by atoms with Crippen LogP contribution in [0.4, 0.5) is 0 Å². The average Bonchev–Trinajstić information content (AvgIpc) is 2.87. The molecule has 1 heterocycles. The van der Waals surface area contributed by atoms with Crippen molar-refractivity contribution in [2.45, 2.75) is 33.2 Å². The Balaban J connectivity index is 2.08. The minimum absolute atomic E-state index is 0.264. The third-order valence-electron chi connectivity index (χ3n) is 3.74. The summed E-state index contributed by atoms with van der Waals surface area (Å²) in [5, 5.41) is 12.6. The van der Waals surface area contributed by atoms with Crippen molar-refractivity contribution in [3.05, 3.63) is 51.5 Å². The Bertz CT molecular complexity index is 697. The molecule has 0 saturated heterocycles. The predicted octanol–water partition coefficient (Wildman–Crippen LogP) is 2.88. The predicted molar refractivity (Wildman–Crippen MR) is 89.8 cm³/mol. The maximum atomic E-state index is 12.3. The van der Waals surface area contributed by atoms with Gasteiger partial charge in [0.15, 0.2) is 0 Å². The molecular formula is C17H20N2O3S. The molecule has 0 bridgehead atoms. The highest BCUT2D eigenvalue weighted by molar-refractivity contribution is 7.13. The van der Waals surface area contributed by atoms with E-state index in [-0.39, 0.29) is 5.91 Å². The second-order valence-electron chi connectivity index (χ2n) is 5.57. The molecule has 2 rings (SSSR count). The molecule has 2 aromatic rings. The highest BCUT2D eigenvalue weighted by atomic mass is 32.1. The number of nitrogens with one attached hydrogen (secondary N) is 1. The molecule has 2 unspecified atom stereocenters. The Morgan fingerprint density at radius 1 is 1.26 bits per heavy atom. The molecule has 0 fully saturated rings. The van der Waals surface area contributed by atoms with Crippen LogP contribution in [0.5, 0.6) is 0 Å². The van der Waals surface area contributed by atoms with Crippen LogP contribution in [0, 0.1) is 12.8 Å². The van der Waals surface area contributed by atoms with Gasteiger partial charge >= 0.3 is 5.97 Å². The number of aromatic nitrogens is 1. The van der Waals surface area contributed by atoms with E-state index in [2.05, 4.69) is 10.3 Å². The molecule has 0 aliphatic carbocycles. The normalized spacial score (nSPS) is 13.3. The first kappa shape index (κ1) is 17.1. The van der Waals surface area contributed by atoms with Crippen LogP contribution >= 0.6 is 11.3 Å². The lowest BCUT2D eigenvalue weighted by atomic mass is 10.0. The van der Waals surface area contributed by atoms with Gasteiger partial charge in [-0.2, -0.15) is 0 Å². The Morgan fingerprint density at radius 3 is 2.52 bits per heavy atom. The zero-order valence-electron chi connectivity index (χ0n) is 13.4. The van der Waals surface area contributed by atoms with Gasteiger partial charge in [-0.1, -0.05) is 30.3 Å². The molecule has 2 atom stereocenters. The van der Waals surface area contributed by atoms with E-state index in [0.29, 0.717) is 17.0 Å². The molecule has 23 heavy (non-hydrogen) atoms. The van der Waals surface area contributed by atoms with Crippen LogP contribution in [-0.4, -0.2) is 28.0 Å². The summed E-state index contributed by atoms with van der Waals surface area (Å²) in [4.78, 5) is 28.3. The summed E-state index contributed by atoms with van der Waals surface area (Å²) in [6.45, 7) is 5.07. The van der Waals surface area contributed by atoms with E-state index in [4.69, 9.17) is 5.11 Å². The molecule has 6 heteroatoms. The highest BCUT2D eigenvalue weighted by Gasteiger charge is 2.23. The lowest BCUT2D eigenvalue weighted by Gasteiger charge is -2.17. The zero-order chi connectivity index (χ0) is 17.0. The first-order valence-corrected chi connectivity index (χ1v) is 8.24. The zero-order valence-corrected chi connectivity index (χ0v) is 14.2. The summed E-state index contributed by atoms with van der Waals surface area (Å²) in [5.41, 5.74) is 1.81. The minimum atomic E-state index is -0.927. The number of benzene rings is 1. The van der Waals surface area contributed by atoms with Crippen molar-refractivity contribution in [1.29, 1.82) is 0 Å². The number of hydrogen-bond acceptors (Lipinski definition) is 4. The van der Waals surface area contributed by atoms with Gasteiger partial charge in [0.1, 0.15) is 4.88 Å². The van der Waals surface area contributed by atoms with Gasteiger partial charge in [0.25, 0.3) is 5.91 Å². The monoisotopic (exact) mass is 332 g/mol. The summed E-state index contributed by atoms with van der Waals surface area (Å²) >= 11 is 1.35. The Hall–Kier alpha value is -2.21. The van der Waals surface area contributed by atoms with Crippen molar-refractivity contribution in [3.8, 4) is 0 Å². The van der Waals surface area contributed by atoms with Crippen molar-refractivity contribution in [2.75, 3.05) is 0 Å². The number of carboxylic acid groups (broad SMARTS) is 1. The van der Waals surface area contributed by atoms with Gasteiger partial charge < -0.3 is 10.4 Å². The Morgan fingerprint density at radius 2 is 1.91 bits per heavy atom. The highest BCUT2D eigenvalue weighted by Crippen LogP contribution is 2.21.